The second-order valence-corrected chi connectivity index (χ2v) is 7.52. The molecule has 1 aliphatic rings. The minimum atomic E-state index is -3.38. The topological polar surface area (TPSA) is 49.4 Å². The van der Waals surface area contributed by atoms with Gasteiger partial charge in [0.25, 0.3) is 0 Å². The molecule has 2 aromatic rings. The lowest BCUT2D eigenvalue weighted by Crippen LogP contribution is -2.30. The zero-order valence-corrected chi connectivity index (χ0v) is 12.9. The first-order valence-corrected chi connectivity index (χ1v) is 8.69. The molecule has 1 atom stereocenters. The first-order valence-electron chi connectivity index (χ1n) is 7.25. The van der Waals surface area contributed by atoms with Gasteiger partial charge in [0, 0.05) is 13.1 Å². The molecule has 0 amide bonds. The highest BCUT2D eigenvalue weighted by molar-refractivity contribution is 7.89. The lowest BCUT2D eigenvalue weighted by atomic mass is 10.1. The first kappa shape index (κ1) is 14.5. The third-order valence-electron chi connectivity index (χ3n) is 4.10. The van der Waals surface area contributed by atoms with Crippen molar-refractivity contribution in [2.75, 3.05) is 26.7 Å². The Morgan fingerprint density at radius 1 is 1.19 bits per heavy atom. The molecular formula is C16H20N2O2S. The fraction of sp³-hybridized carbons (Fsp3) is 0.375. The highest BCUT2D eigenvalue weighted by Crippen LogP contribution is 2.26. The smallest absolute Gasteiger partial charge is 0.243 e. The van der Waals surface area contributed by atoms with Crippen LogP contribution in [0.3, 0.4) is 0 Å². The van der Waals surface area contributed by atoms with Gasteiger partial charge in [0.2, 0.25) is 10.0 Å². The number of fused-ring (bicyclic) bond motifs is 1. The number of nitrogens with zero attached hydrogens (tertiary/aromatic N) is 1. The number of sulfonamides is 1. The van der Waals surface area contributed by atoms with Gasteiger partial charge in [0.15, 0.2) is 0 Å². The van der Waals surface area contributed by atoms with Crippen molar-refractivity contribution >= 4 is 20.8 Å². The Bertz CT molecular complexity index is 743. The Labute approximate surface area is 125 Å². The average Bonchev–Trinajstić information content (AvgIpc) is 2.96. The Kier molecular flexibility index (Phi) is 3.97. The maximum Gasteiger partial charge on any atom is 0.243 e. The summed E-state index contributed by atoms with van der Waals surface area (Å²) in [5, 5.41) is 5.15. The monoisotopic (exact) mass is 304 g/mol. The van der Waals surface area contributed by atoms with E-state index in [0.29, 0.717) is 23.9 Å². The summed E-state index contributed by atoms with van der Waals surface area (Å²) in [5.74, 6) is 0.408. The quantitative estimate of drug-likeness (QED) is 0.941. The zero-order chi connectivity index (χ0) is 14.9. The van der Waals surface area contributed by atoms with Crippen LogP contribution < -0.4 is 5.32 Å². The van der Waals surface area contributed by atoms with Crippen LogP contribution in [-0.2, 0) is 10.0 Å². The van der Waals surface area contributed by atoms with Crippen LogP contribution in [0.2, 0.25) is 0 Å². The number of hydrogen-bond acceptors (Lipinski definition) is 3. The Morgan fingerprint density at radius 2 is 1.95 bits per heavy atom. The molecule has 5 heteroatoms. The van der Waals surface area contributed by atoms with E-state index in [1.54, 1.807) is 16.4 Å². The van der Waals surface area contributed by atoms with Crippen LogP contribution in [0.15, 0.2) is 47.4 Å². The number of rotatable bonds is 4. The van der Waals surface area contributed by atoms with Gasteiger partial charge in [-0.1, -0.05) is 30.3 Å². The second kappa shape index (κ2) is 5.75. The maximum atomic E-state index is 12.7. The molecule has 0 radical (unpaired) electrons. The van der Waals surface area contributed by atoms with Gasteiger partial charge in [-0.2, -0.15) is 4.31 Å². The van der Waals surface area contributed by atoms with E-state index in [1.165, 1.54) is 0 Å². The fourth-order valence-electron chi connectivity index (χ4n) is 2.95. The predicted octanol–water partition coefficient (Wildman–Crippen LogP) is 2.07. The predicted molar refractivity (Wildman–Crippen MR) is 84.7 cm³/mol. The van der Waals surface area contributed by atoms with Crippen molar-refractivity contribution in [3.05, 3.63) is 42.5 Å². The lowest BCUT2D eigenvalue weighted by Gasteiger charge is -2.17. The summed E-state index contributed by atoms with van der Waals surface area (Å²) in [4.78, 5) is 0.395. The zero-order valence-electron chi connectivity index (χ0n) is 12.1. The van der Waals surface area contributed by atoms with Crippen molar-refractivity contribution in [3.63, 3.8) is 0 Å². The molecule has 21 heavy (non-hydrogen) atoms. The molecule has 3 rings (SSSR count). The van der Waals surface area contributed by atoms with Gasteiger partial charge in [-0.05, 0) is 48.8 Å². The highest BCUT2D eigenvalue weighted by Gasteiger charge is 2.32. The summed E-state index contributed by atoms with van der Waals surface area (Å²) >= 11 is 0. The van der Waals surface area contributed by atoms with Crippen LogP contribution in [0, 0.1) is 5.92 Å². The van der Waals surface area contributed by atoms with Crippen LogP contribution in [0.25, 0.3) is 10.8 Å². The highest BCUT2D eigenvalue weighted by atomic mass is 32.2. The maximum absolute atomic E-state index is 12.7. The van der Waals surface area contributed by atoms with Crippen molar-refractivity contribution < 1.29 is 8.42 Å². The standard InChI is InChI=1S/C16H20N2O2S/c1-17-11-13-8-9-18(12-13)21(19,20)16-7-6-14-4-2-3-5-15(14)10-16/h2-7,10,13,17H,8-9,11-12H2,1H3. The third-order valence-corrected chi connectivity index (χ3v) is 5.96. The molecule has 1 fully saturated rings. The van der Waals surface area contributed by atoms with Crippen molar-refractivity contribution in [2.45, 2.75) is 11.3 Å². The summed E-state index contributed by atoms with van der Waals surface area (Å²) in [6.45, 7) is 2.08. The van der Waals surface area contributed by atoms with Gasteiger partial charge in [0.1, 0.15) is 0 Å². The van der Waals surface area contributed by atoms with E-state index in [1.807, 2.05) is 37.4 Å². The molecule has 1 saturated heterocycles. The van der Waals surface area contributed by atoms with E-state index in [4.69, 9.17) is 0 Å². The van der Waals surface area contributed by atoms with Crippen LogP contribution in [0.4, 0.5) is 0 Å². The van der Waals surface area contributed by atoms with Crippen LogP contribution >= 0.6 is 0 Å². The average molecular weight is 304 g/mol. The van der Waals surface area contributed by atoms with Gasteiger partial charge in [-0.3, -0.25) is 0 Å². The van der Waals surface area contributed by atoms with Gasteiger partial charge in [0.05, 0.1) is 4.90 Å². The molecule has 0 aliphatic carbocycles. The van der Waals surface area contributed by atoms with Crippen molar-refractivity contribution in [3.8, 4) is 0 Å². The van der Waals surface area contributed by atoms with Gasteiger partial charge in [-0.25, -0.2) is 8.42 Å². The van der Waals surface area contributed by atoms with E-state index >= 15 is 0 Å². The molecule has 0 bridgehead atoms. The van der Waals surface area contributed by atoms with Crippen LogP contribution in [-0.4, -0.2) is 39.4 Å². The summed E-state index contributed by atoms with van der Waals surface area (Å²) < 4.78 is 27.1. The Balaban J connectivity index is 1.90. The minimum absolute atomic E-state index is 0.395. The molecule has 1 heterocycles. The number of hydrogen-bond donors (Lipinski definition) is 1. The SMILES string of the molecule is CNCC1CCN(S(=O)(=O)c2ccc3ccccc3c2)C1. The third kappa shape index (κ3) is 2.81. The molecule has 1 aliphatic heterocycles. The van der Waals surface area contributed by atoms with Crippen molar-refractivity contribution in [2.24, 2.45) is 5.92 Å². The molecule has 0 saturated carbocycles. The van der Waals surface area contributed by atoms with Gasteiger partial charge < -0.3 is 5.32 Å². The molecule has 0 aromatic heterocycles. The molecule has 112 valence electrons. The summed E-state index contributed by atoms with van der Waals surface area (Å²) in [7, 11) is -1.47. The van der Waals surface area contributed by atoms with E-state index in [2.05, 4.69) is 5.32 Å². The van der Waals surface area contributed by atoms with Gasteiger partial charge in [-0.15, -0.1) is 0 Å². The van der Waals surface area contributed by atoms with E-state index in [-0.39, 0.29) is 0 Å². The van der Waals surface area contributed by atoms with Gasteiger partial charge >= 0.3 is 0 Å². The minimum Gasteiger partial charge on any atom is -0.319 e. The van der Waals surface area contributed by atoms with Crippen molar-refractivity contribution in [1.82, 2.24) is 9.62 Å². The summed E-state index contributed by atoms with van der Waals surface area (Å²) in [6, 6.07) is 13.2. The van der Waals surface area contributed by atoms with Crippen LogP contribution in [0.5, 0.6) is 0 Å². The molecule has 0 spiro atoms. The fourth-order valence-corrected chi connectivity index (χ4v) is 4.51. The molecular weight excluding hydrogens is 284 g/mol. The Hall–Kier alpha value is -1.43. The van der Waals surface area contributed by atoms with E-state index in [9.17, 15) is 8.42 Å². The number of benzene rings is 2. The second-order valence-electron chi connectivity index (χ2n) is 5.58. The van der Waals surface area contributed by atoms with Crippen molar-refractivity contribution in [1.29, 1.82) is 0 Å². The normalized spacial score (nSPS) is 20.1. The molecule has 1 N–H and O–H groups in total. The van der Waals surface area contributed by atoms with E-state index < -0.39 is 10.0 Å². The summed E-state index contributed by atoms with van der Waals surface area (Å²) in [5.41, 5.74) is 0. The molecule has 2 aromatic carbocycles. The Morgan fingerprint density at radius 3 is 2.71 bits per heavy atom. The number of nitrogens with one attached hydrogen (secondary N) is 1. The first-order chi connectivity index (χ1) is 10.1. The largest absolute Gasteiger partial charge is 0.319 e. The lowest BCUT2D eigenvalue weighted by molar-refractivity contribution is 0.451. The molecule has 4 nitrogen and oxygen atoms in total. The summed E-state index contributed by atoms with van der Waals surface area (Å²) in [6.07, 6.45) is 0.924. The molecule has 1 unspecified atom stereocenters. The van der Waals surface area contributed by atoms with Crippen LogP contribution in [0.1, 0.15) is 6.42 Å². The van der Waals surface area contributed by atoms with E-state index in [0.717, 1.165) is 23.7 Å².